The second-order valence-electron chi connectivity index (χ2n) is 5.63. The number of carbonyl (C=O) groups excluding carboxylic acids is 1. The molecule has 1 aliphatic rings. The van der Waals surface area contributed by atoms with Crippen LogP contribution in [-0.2, 0) is 4.79 Å². The van der Waals surface area contributed by atoms with Crippen molar-refractivity contribution in [3.63, 3.8) is 0 Å². The summed E-state index contributed by atoms with van der Waals surface area (Å²) in [5, 5.41) is 30.1. The van der Waals surface area contributed by atoms with Crippen LogP contribution in [0, 0.1) is 5.41 Å². The van der Waals surface area contributed by atoms with Gasteiger partial charge in [-0.25, -0.2) is 9.59 Å². The number of rotatable bonds is 2. The van der Waals surface area contributed by atoms with E-state index >= 15 is 0 Å². The Balaban J connectivity index is 2.66. The molecular weight excluding hydrogens is 240 g/mol. The lowest BCUT2D eigenvalue weighted by molar-refractivity contribution is -0.142. The summed E-state index contributed by atoms with van der Waals surface area (Å²) in [5.41, 5.74) is -0.627. The molecule has 0 aromatic rings. The number of amides is 2. The molecule has 2 amide bonds. The average Bonchev–Trinajstić information content (AvgIpc) is 2.53. The molecule has 0 aromatic carbocycles. The van der Waals surface area contributed by atoms with Crippen LogP contribution in [0.3, 0.4) is 0 Å². The first-order chi connectivity index (χ1) is 8.12. The summed E-state index contributed by atoms with van der Waals surface area (Å²) in [5.74, 6) is -1.11. The average molecular weight is 260 g/mol. The Morgan fingerprint density at radius 3 is 2.00 bits per heavy atom. The molecule has 1 heterocycles. The minimum Gasteiger partial charge on any atom is -0.480 e. The highest BCUT2D eigenvalue weighted by Gasteiger charge is 2.37. The van der Waals surface area contributed by atoms with Gasteiger partial charge in [0.15, 0.2) is 0 Å². The maximum Gasteiger partial charge on any atom is 0.326 e. The topological polar surface area (TPSA) is 110 Å². The van der Waals surface area contributed by atoms with E-state index in [1.807, 2.05) is 0 Å². The monoisotopic (exact) mass is 260 g/mol. The SMILES string of the molecule is CC(C)(C)C(NC(=O)N1CC(O)C(O)C1)C(=O)O. The molecule has 1 fully saturated rings. The van der Waals surface area contributed by atoms with Crippen molar-refractivity contribution >= 4 is 12.0 Å². The molecule has 0 radical (unpaired) electrons. The minimum absolute atomic E-state index is 0.00345. The van der Waals surface area contributed by atoms with Gasteiger partial charge in [-0.15, -0.1) is 0 Å². The Bertz CT molecular complexity index is 329. The number of urea groups is 1. The number of nitrogens with zero attached hydrogens (tertiary/aromatic N) is 1. The van der Waals surface area contributed by atoms with Gasteiger partial charge in [0.05, 0.1) is 25.3 Å². The molecule has 0 saturated carbocycles. The molecular formula is C11H20N2O5. The number of aliphatic hydroxyl groups is 2. The first-order valence-electron chi connectivity index (χ1n) is 5.77. The maximum atomic E-state index is 11.8. The van der Waals surface area contributed by atoms with Crippen LogP contribution in [0.1, 0.15) is 20.8 Å². The number of hydrogen-bond acceptors (Lipinski definition) is 4. The van der Waals surface area contributed by atoms with E-state index in [9.17, 15) is 19.8 Å². The maximum absolute atomic E-state index is 11.8. The summed E-state index contributed by atoms with van der Waals surface area (Å²) >= 11 is 0. The van der Waals surface area contributed by atoms with E-state index in [4.69, 9.17) is 5.11 Å². The third-order valence-corrected chi connectivity index (χ3v) is 2.93. The molecule has 1 aliphatic heterocycles. The van der Waals surface area contributed by atoms with Crippen molar-refractivity contribution in [3.8, 4) is 0 Å². The Labute approximate surface area is 105 Å². The van der Waals surface area contributed by atoms with Crippen LogP contribution >= 0.6 is 0 Å². The van der Waals surface area contributed by atoms with Crippen LogP contribution in [0.15, 0.2) is 0 Å². The highest BCUT2D eigenvalue weighted by Crippen LogP contribution is 2.20. The van der Waals surface area contributed by atoms with E-state index in [1.165, 1.54) is 4.90 Å². The second kappa shape index (κ2) is 5.11. The molecule has 0 aromatic heterocycles. The van der Waals surface area contributed by atoms with E-state index < -0.39 is 35.7 Å². The summed E-state index contributed by atoms with van der Waals surface area (Å²) in [4.78, 5) is 24.1. The molecule has 3 atom stereocenters. The zero-order valence-corrected chi connectivity index (χ0v) is 10.8. The van der Waals surface area contributed by atoms with Gasteiger partial charge in [-0.05, 0) is 5.41 Å². The van der Waals surface area contributed by atoms with Gasteiger partial charge < -0.3 is 25.5 Å². The number of carboxylic acid groups (broad SMARTS) is 1. The summed E-state index contributed by atoms with van der Waals surface area (Å²) < 4.78 is 0. The predicted molar refractivity (Wildman–Crippen MR) is 63.0 cm³/mol. The third kappa shape index (κ3) is 3.33. The van der Waals surface area contributed by atoms with Gasteiger partial charge in [-0.2, -0.15) is 0 Å². The normalized spacial score (nSPS) is 25.9. The van der Waals surface area contributed by atoms with Crippen molar-refractivity contribution in [2.75, 3.05) is 13.1 Å². The van der Waals surface area contributed by atoms with Crippen molar-refractivity contribution in [2.45, 2.75) is 39.0 Å². The predicted octanol–water partition coefficient (Wildman–Crippen LogP) is -0.767. The first-order valence-corrected chi connectivity index (χ1v) is 5.77. The van der Waals surface area contributed by atoms with Crippen molar-refractivity contribution < 1.29 is 24.9 Å². The highest BCUT2D eigenvalue weighted by molar-refractivity contribution is 5.83. The number of aliphatic hydroxyl groups excluding tert-OH is 2. The molecule has 0 spiro atoms. The Hall–Kier alpha value is -1.34. The Morgan fingerprint density at radius 1 is 1.22 bits per heavy atom. The fraction of sp³-hybridized carbons (Fsp3) is 0.818. The number of hydrogen-bond donors (Lipinski definition) is 4. The van der Waals surface area contributed by atoms with Gasteiger partial charge in [-0.3, -0.25) is 0 Å². The van der Waals surface area contributed by atoms with E-state index in [-0.39, 0.29) is 13.1 Å². The lowest BCUT2D eigenvalue weighted by Crippen LogP contribution is -2.53. The standard InChI is InChI=1S/C11H20N2O5/c1-11(2,3)8(9(16)17)12-10(18)13-4-6(14)7(15)5-13/h6-8,14-15H,4-5H2,1-3H3,(H,12,18)(H,16,17). The number of carbonyl (C=O) groups is 2. The fourth-order valence-electron chi connectivity index (χ4n) is 1.80. The molecule has 0 bridgehead atoms. The van der Waals surface area contributed by atoms with Crippen LogP contribution in [0.2, 0.25) is 0 Å². The fourth-order valence-corrected chi connectivity index (χ4v) is 1.80. The van der Waals surface area contributed by atoms with Crippen LogP contribution in [0.4, 0.5) is 4.79 Å². The highest BCUT2D eigenvalue weighted by atomic mass is 16.4. The zero-order chi connectivity index (χ0) is 14.1. The minimum atomic E-state index is -1.11. The van der Waals surface area contributed by atoms with Crippen molar-refractivity contribution in [2.24, 2.45) is 5.41 Å². The molecule has 7 nitrogen and oxygen atoms in total. The number of carboxylic acids is 1. The lowest BCUT2D eigenvalue weighted by atomic mass is 9.87. The summed E-state index contributed by atoms with van der Waals surface area (Å²) in [6.07, 6.45) is -1.96. The van der Waals surface area contributed by atoms with Crippen LogP contribution < -0.4 is 5.32 Å². The van der Waals surface area contributed by atoms with Gasteiger partial charge in [0.1, 0.15) is 6.04 Å². The largest absolute Gasteiger partial charge is 0.480 e. The van der Waals surface area contributed by atoms with Crippen molar-refractivity contribution in [3.05, 3.63) is 0 Å². The number of aliphatic carboxylic acids is 1. The van der Waals surface area contributed by atoms with Gasteiger partial charge in [0.25, 0.3) is 0 Å². The molecule has 1 saturated heterocycles. The smallest absolute Gasteiger partial charge is 0.326 e. The molecule has 104 valence electrons. The molecule has 3 unspecified atom stereocenters. The molecule has 4 N–H and O–H groups in total. The van der Waals surface area contributed by atoms with E-state index in [1.54, 1.807) is 20.8 Å². The zero-order valence-electron chi connectivity index (χ0n) is 10.8. The summed E-state index contributed by atoms with van der Waals surface area (Å²) in [7, 11) is 0. The summed E-state index contributed by atoms with van der Waals surface area (Å²) in [6, 6.07) is -1.62. The Kier molecular flexibility index (Phi) is 4.18. The van der Waals surface area contributed by atoms with Gasteiger partial charge in [0, 0.05) is 0 Å². The van der Waals surface area contributed by atoms with E-state index in [0.717, 1.165) is 0 Å². The van der Waals surface area contributed by atoms with Gasteiger partial charge in [0.2, 0.25) is 0 Å². The van der Waals surface area contributed by atoms with E-state index in [0.29, 0.717) is 0 Å². The molecule has 18 heavy (non-hydrogen) atoms. The van der Waals surface area contributed by atoms with Crippen LogP contribution in [-0.4, -0.2) is 63.6 Å². The van der Waals surface area contributed by atoms with Gasteiger partial charge in [-0.1, -0.05) is 20.8 Å². The molecule has 7 heteroatoms. The molecule has 0 aliphatic carbocycles. The Morgan fingerprint density at radius 2 is 1.67 bits per heavy atom. The quantitative estimate of drug-likeness (QED) is 0.521. The first kappa shape index (κ1) is 14.7. The summed E-state index contributed by atoms with van der Waals surface area (Å²) in [6.45, 7) is 5.13. The number of likely N-dealkylation sites (tertiary alicyclic amines) is 1. The van der Waals surface area contributed by atoms with Gasteiger partial charge >= 0.3 is 12.0 Å². The van der Waals surface area contributed by atoms with Crippen LogP contribution in [0.25, 0.3) is 0 Å². The van der Waals surface area contributed by atoms with E-state index in [2.05, 4.69) is 5.32 Å². The second-order valence-corrected chi connectivity index (χ2v) is 5.63. The number of β-amino-alcohol motifs (C(OH)–C–C–N with tert-alkyl or cyclic N) is 2. The lowest BCUT2D eigenvalue weighted by Gasteiger charge is -2.29. The van der Waals surface area contributed by atoms with Crippen molar-refractivity contribution in [1.82, 2.24) is 10.2 Å². The third-order valence-electron chi connectivity index (χ3n) is 2.93. The number of nitrogens with one attached hydrogen (secondary N) is 1. The van der Waals surface area contributed by atoms with Crippen molar-refractivity contribution in [1.29, 1.82) is 0 Å². The molecule has 1 rings (SSSR count). The van der Waals surface area contributed by atoms with Crippen LogP contribution in [0.5, 0.6) is 0 Å².